The zero-order chi connectivity index (χ0) is 14.0. The number of urea groups is 1. The molecule has 2 atom stereocenters. The summed E-state index contributed by atoms with van der Waals surface area (Å²) < 4.78 is 5.47. The lowest BCUT2D eigenvalue weighted by atomic mass is 10.2. The van der Waals surface area contributed by atoms with E-state index in [0.29, 0.717) is 12.5 Å². The van der Waals surface area contributed by atoms with E-state index in [2.05, 4.69) is 5.32 Å². The van der Waals surface area contributed by atoms with E-state index in [1.807, 2.05) is 26.0 Å². The van der Waals surface area contributed by atoms with Gasteiger partial charge in [0.2, 0.25) is 0 Å². The van der Waals surface area contributed by atoms with Gasteiger partial charge in [-0.2, -0.15) is 0 Å². The Kier molecular flexibility index (Phi) is 4.14. The second-order valence-corrected chi connectivity index (χ2v) is 5.40. The Morgan fingerprint density at radius 2 is 2.26 bits per heavy atom. The van der Waals surface area contributed by atoms with Crippen LogP contribution in [0.15, 0.2) is 16.5 Å². The van der Waals surface area contributed by atoms with E-state index in [-0.39, 0.29) is 12.1 Å². The summed E-state index contributed by atoms with van der Waals surface area (Å²) in [5.74, 6) is 1.94. The molecular formula is C14H22N2O3. The zero-order valence-electron chi connectivity index (χ0n) is 11.7. The molecule has 0 aliphatic heterocycles. The maximum atomic E-state index is 12.0. The highest BCUT2D eigenvalue weighted by molar-refractivity contribution is 5.74. The monoisotopic (exact) mass is 266 g/mol. The first-order valence-corrected chi connectivity index (χ1v) is 6.73. The number of carbonyl (C=O) groups is 1. The van der Waals surface area contributed by atoms with Crippen LogP contribution in [0.2, 0.25) is 0 Å². The Balaban J connectivity index is 1.82. The normalized spacial score (nSPS) is 17.9. The third-order valence-corrected chi connectivity index (χ3v) is 3.50. The number of hydrogen-bond donors (Lipinski definition) is 2. The highest BCUT2D eigenvalue weighted by Crippen LogP contribution is 2.32. The number of rotatable bonds is 5. The van der Waals surface area contributed by atoms with E-state index in [4.69, 9.17) is 4.42 Å². The Bertz CT molecular complexity index is 440. The molecule has 1 heterocycles. The summed E-state index contributed by atoms with van der Waals surface area (Å²) in [4.78, 5) is 13.5. The lowest BCUT2D eigenvalue weighted by molar-refractivity contribution is 0.112. The predicted molar refractivity (Wildman–Crippen MR) is 71.8 cm³/mol. The van der Waals surface area contributed by atoms with Gasteiger partial charge in [-0.15, -0.1) is 0 Å². The fourth-order valence-corrected chi connectivity index (χ4v) is 2.05. The van der Waals surface area contributed by atoms with Gasteiger partial charge >= 0.3 is 6.03 Å². The molecule has 2 amide bonds. The van der Waals surface area contributed by atoms with Crippen molar-refractivity contribution < 1.29 is 14.3 Å². The maximum absolute atomic E-state index is 12.0. The van der Waals surface area contributed by atoms with Crippen molar-refractivity contribution >= 4 is 6.03 Å². The summed E-state index contributed by atoms with van der Waals surface area (Å²) in [6, 6.07) is 3.36. The topological polar surface area (TPSA) is 65.7 Å². The van der Waals surface area contributed by atoms with Crippen molar-refractivity contribution in [3.8, 4) is 0 Å². The molecule has 1 aromatic rings. The average Bonchev–Trinajstić information content (AvgIpc) is 3.11. The van der Waals surface area contributed by atoms with E-state index >= 15 is 0 Å². The molecule has 106 valence electrons. The van der Waals surface area contributed by atoms with Crippen LogP contribution in [0.1, 0.15) is 37.3 Å². The predicted octanol–water partition coefficient (Wildman–Crippen LogP) is 2.06. The fraction of sp³-hybridized carbons (Fsp3) is 0.643. The summed E-state index contributed by atoms with van der Waals surface area (Å²) in [5.41, 5.74) is 0. The molecular weight excluding hydrogens is 244 g/mol. The van der Waals surface area contributed by atoms with Crippen LogP contribution in [0.4, 0.5) is 4.79 Å². The van der Waals surface area contributed by atoms with Gasteiger partial charge in [0, 0.05) is 13.6 Å². The van der Waals surface area contributed by atoms with Gasteiger partial charge in [-0.05, 0) is 44.7 Å². The molecule has 19 heavy (non-hydrogen) atoms. The molecule has 1 fully saturated rings. The molecule has 0 bridgehead atoms. The van der Waals surface area contributed by atoms with Crippen LogP contribution in [0, 0.1) is 12.8 Å². The van der Waals surface area contributed by atoms with Gasteiger partial charge in [0.15, 0.2) is 0 Å². The SMILES string of the molecule is Cc1ccc(C(C)NC(=O)N(C)CC(O)C2CC2)o1. The second-order valence-electron chi connectivity index (χ2n) is 5.40. The van der Waals surface area contributed by atoms with Gasteiger partial charge in [-0.1, -0.05) is 0 Å². The van der Waals surface area contributed by atoms with E-state index < -0.39 is 6.10 Å². The summed E-state index contributed by atoms with van der Waals surface area (Å²) in [6.45, 7) is 4.12. The number of nitrogens with one attached hydrogen (secondary N) is 1. The van der Waals surface area contributed by atoms with Crippen molar-refractivity contribution in [2.75, 3.05) is 13.6 Å². The number of nitrogens with zero attached hydrogens (tertiary/aromatic N) is 1. The van der Waals surface area contributed by atoms with E-state index in [1.54, 1.807) is 7.05 Å². The largest absolute Gasteiger partial charge is 0.464 e. The van der Waals surface area contributed by atoms with Gasteiger partial charge in [0.05, 0.1) is 12.1 Å². The first-order valence-electron chi connectivity index (χ1n) is 6.73. The smallest absolute Gasteiger partial charge is 0.317 e. The molecule has 2 N–H and O–H groups in total. The van der Waals surface area contributed by atoms with Crippen molar-refractivity contribution in [2.24, 2.45) is 5.92 Å². The molecule has 1 saturated carbocycles. The number of aliphatic hydroxyl groups is 1. The van der Waals surface area contributed by atoms with E-state index in [1.165, 1.54) is 4.90 Å². The lowest BCUT2D eigenvalue weighted by Crippen LogP contribution is -2.42. The highest BCUT2D eigenvalue weighted by Gasteiger charge is 2.31. The Hall–Kier alpha value is -1.49. The van der Waals surface area contributed by atoms with Crippen molar-refractivity contribution in [3.63, 3.8) is 0 Å². The van der Waals surface area contributed by atoms with E-state index in [0.717, 1.165) is 24.4 Å². The first kappa shape index (κ1) is 13.9. The summed E-state index contributed by atoms with van der Waals surface area (Å²) in [6.07, 6.45) is 1.73. The van der Waals surface area contributed by atoms with E-state index in [9.17, 15) is 9.90 Å². The summed E-state index contributed by atoms with van der Waals surface area (Å²) in [5, 5.41) is 12.7. The van der Waals surface area contributed by atoms with Crippen molar-refractivity contribution in [1.29, 1.82) is 0 Å². The number of carbonyl (C=O) groups excluding carboxylic acids is 1. The number of furan rings is 1. The van der Waals surface area contributed by atoms with Crippen LogP contribution < -0.4 is 5.32 Å². The molecule has 5 heteroatoms. The van der Waals surface area contributed by atoms with Crippen LogP contribution in [-0.2, 0) is 0 Å². The number of aliphatic hydroxyl groups excluding tert-OH is 1. The molecule has 0 saturated heterocycles. The van der Waals surface area contributed by atoms with Gasteiger partial charge in [-0.25, -0.2) is 4.79 Å². The van der Waals surface area contributed by atoms with Crippen LogP contribution in [0.5, 0.6) is 0 Å². The molecule has 1 aliphatic carbocycles. The number of hydrogen-bond acceptors (Lipinski definition) is 3. The van der Waals surface area contributed by atoms with Gasteiger partial charge in [0.25, 0.3) is 0 Å². The Morgan fingerprint density at radius 1 is 1.58 bits per heavy atom. The number of aryl methyl sites for hydroxylation is 1. The van der Waals surface area contributed by atoms with Crippen LogP contribution in [-0.4, -0.2) is 35.7 Å². The van der Waals surface area contributed by atoms with Crippen molar-refractivity contribution in [3.05, 3.63) is 23.7 Å². The third-order valence-electron chi connectivity index (χ3n) is 3.50. The number of amides is 2. The minimum atomic E-state index is -0.406. The minimum absolute atomic E-state index is 0.179. The van der Waals surface area contributed by atoms with Crippen molar-refractivity contribution in [1.82, 2.24) is 10.2 Å². The van der Waals surface area contributed by atoms with Crippen LogP contribution >= 0.6 is 0 Å². The van der Waals surface area contributed by atoms with Gasteiger partial charge in [-0.3, -0.25) is 0 Å². The Morgan fingerprint density at radius 3 is 2.79 bits per heavy atom. The highest BCUT2D eigenvalue weighted by atomic mass is 16.3. The quantitative estimate of drug-likeness (QED) is 0.857. The molecule has 0 radical (unpaired) electrons. The van der Waals surface area contributed by atoms with Crippen LogP contribution in [0.25, 0.3) is 0 Å². The van der Waals surface area contributed by atoms with Gasteiger partial charge in [0.1, 0.15) is 11.5 Å². The molecule has 0 spiro atoms. The first-order chi connectivity index (χ1) is 8.97. The molecule has 1 aromatic heterocycles. The van der Waals surface area contributed by atoms with Gasteiger partial charge < -0.3 is 19.7 Å². The molecule has 5 nitrogen and oxygen atoms in total. The van der Waals surface area contributed by atoms with Crippen molar-refractivity contribution in [2.45, 2.75) is 38.8 Å². The average molecular weight is 266 g/mol. The number of likely N-dealkylation sites (N-methyl/N-ethyl adjacent to an activating group) is 1. The Labute approximate surface area is 113 Å². The molecule has 0 aromatic carbocycles. The molecule has 1 aliphatic rings. The zero-order valence-corrected chi connectivity index (χ0v) is 11.7. The maximum Gasteiger partial charge on any atom is 0.317 e. The minimum Gasteiger partial charge on any atom is -0.464 e. The van der Waals surface area contributed by atoms with Crippen LogP contribution in [0.3, 0.4) is 0 Å². The molecule has 2 rings (SSSR count). The third kappa shape index (κ3) is 3.73. The fourth-order valence-electron chi connectivity index (χ4n) is 2.05. The molecule has 2 unspecified atom stereocenters. The second kappa shape index (κ2) is 5.65. The lowest BCUT2D eigenvalue weighted by Gasteiger charge is -2.23. The standard InChI is InChI=1S/C14H22N2O3/c1-9-4-7-13(19-9)10(2)15-14(18)16(3)8-12(17)11-5-6-11/h4,7,10-12,17H,5-6,8H2,1-3H3,(H,15,18). The summed E-state index contributed by atoms with van der Waals surface area (Å²) >= 11 is 0. The summed E-state index contributed by atoms with van der Waals surface area (Å²) in [7, 11) is 1.70.